The molecule has 0 radical (unpaired) electrons. The molecule has 0 saturated carbocycles. The molecule has 4 unspecified atom stereocenters. The van der Waals surface area contributed by atoms with Crippen LogP contribution in [-0.4, -0.2) is 65.5 Å². The molecule has 0 spiro atoms. The molecule has 4 aromatic rings. The van der Waals surface area contributed by atoms with Crippen molar-refractivity contribution in [2.75, 3.05) is 13.7 Å². The second-order valence-corrected chi connectivity index (χ2v) is 10.0. The third kappa shape index (κ3) is 7.08. The third-order valence-corrected chi connectivity index (χ3v) is 6.92. The number of carbonyl (C=O) groups is 4. The van der Waals surface area contributed by atoms with Crippen LogP contribution in [0.25, 0.3) is 0 Å². The molecular weight excluding hydrogens is 608 g/mol. The highest BCUT2D eigenvalue weighted by molar-refractivity contribution is 6.29. The Morgan fingerprint density at radius 2 is 1.24 bits per heavy atom. The molecule has 1 fully saturated rings. The summed E-state index contributed by atoms with van der Waals surface area (Å²) in [5, 5.41) is -0.288. The van der Waals surface area contributed by atoms with E-state index < -0.39 is 66.3 Å². The fourth-order valence-electron chi connectivity index (χ4n) is 4.58. The Kier molecular flexibility index (Phi) is 9.66. The summed E-state index contributed by atoms with van der Waals surface area (Å²) in [6, 6.07) is 24.1. The van der Waals surface area contributed by atoms with E-state index in [2.05, 4.69) is 9.72 Å². The first kappa shape index (κ1) is 31.1. The van der Waals surface area contributed by atoms with Crippen molar-refractivity contribution < 1.29 is 42.9 Å². The minimum atomic E-state index is -1.52. The highest BCUT2D eigenvalue weighted by Crippen LogP contribution is 2.35. The number of nitrogens with zero attached hydrogens (tertiary/aromatic N) is 2. The second kappa shape index (κ2) is 14.0. The van der Waals surface area contributed by atoms with Crippen LogP contribution in [0, 0.1) is 0 Å². The van der Waals surface area contributed by atoms with Gasteiger partial charge in [0.2, 0.25) is 5.69 Å². The van der Waals surface area contributed by atoms with E-state index in [9.17, 15) is 24.0 Å². The smallest absolute Gasteiger partial charge is 0.362 e. The Balaban J connectivity index is 1.56. The number of halogens is 1. The van der Waals surface area contributed by atoms with Crippen molar-refractivity contribution in [2.24, 2.45) is 0 Å². The zero-order chi connectivity index (χ0) is 31.9. The van der Waals surface area contributed by atoms with Gasteiger partial charge in [-0.15, -0.1) is 0 Å². The normalized spacial score (nSPS) is 18.9. The quantitative estimate of drug-likeness (QED) is 0.195. The summed E-state index contributed by atoms with van der Waals surface area (Å²) < 4.78 is 28.8. The Morgan fingerprint density at radius 1 is 0.756 bits per heavy atom. The van der Waals surface area contributed by atoms with Gasteiger partial charge < -0.3 is 23.7 Å². The molecule has 0 amide bonds. The number of hydrogen-bond donors (Lipinski definition) is 0. The Labute approximate surface area is 261 Å². The zero-order valence-corrected chi connectivity index (χ0v) is 24.4. The van der Waals surface area contributed by atoms with Crippen molar-refractivity contribution >= 4 is 35.5 Å². The van der Waals surface area contributed by atoms with Gasteiger partial charge in [0, 0.05) is 6.20 Å². The molecule has 45 heavy (non-hydrogen) atoms. The van der Waals surface area contributed by atoms with Crippen LogP contribution in [0.5, 0.6) is 0 Å². The van der Waals surface area contributed by atoms with E-state index in [1.165, 1.54) is 24.3 Å². The summed E-state index contributed by atoms with van der Waals surface area (Å²) in [6.07, 6.45) is -4.64. The lowest BCUT2D eigenvalue weighted by molar-refractivity contribution is -0.0636. The van der Waals surface area contributed by atoms with Crippen molar-refractivity contribution in [3.63, 3.8) is 0 Å². The van der Waals surface area contributed by atoms with Gasteiger partial charge in [-0.1, -0.05) is 66.2 Å². The van der Waals surface area contributed by atoms with Gasteiger partial charge >= 0.3 is 23.9 Å². The van der Waals surface area contributed by atoms with Crippen molar-refractivity contribution in [1.82, 2.24) is 9.55 Å². The van der Waals surface area contributed by atoms with Gasteiger partial charge in [-0.2, -0.15) is 0 Å². The first-order valence-corrected chi connectivity index (χ1v) is 13.9. The minimum Gasteiger partial charge on any atom is -0.464 e. The lowest BCUT2D eigenvalue weighted by atomic mass is 10.1. The van der Waals surface area contributed by atoms with Gasteiger partial charge in [0.1, 0.15) is 17.9 Å². The van der Waals surface area contributed by atoms with Crippen molar-refractivity contribution in [3.05, 3.63) is 135 Å². The highest BCUT2D eigenvalue weighted by atomic mass is 35.5. The molecule has 4 atom stereocenters. The molecule has 0 bridgehead atoms. The summed E-state index contributed by atoms with van der Waals surface area (Å²) in [7, 11) is 1.06. The molecule has 3 aromatic carbocycles. The number of rotatable bonds is 9. The number of hydrogen-bond acceptors (Lipinski definition) is 11. The summed E-state index contributed by atoms with van der Waals surface area (Å²) in [4.78, 5) is 68.9. The predicted molar refractivity (Wildman–Crippen MR) is 157 cm³/mol. The molecule has 1 saturated heterocycles. The predicted octanol–water partition coefficient (Wildman–Crippen LogP) is 3.89. The number of ether oxygens (including phenoxy) is 5. The van der Waals surface area contributed by atoms with Crippen molar-refractivity contribution in [3.8, 4) is 0 Å². The molecule has 13 heteroatoms. The van der Waals surface area contributed by atoms with Crippen LogP contribution in [0.2, 0.25) is 5.15 Å². The zero-order valence-electron chi connectivity index (χ0n) is 23.6. The van der Waals surface area contributed by atoms with Gasteiger partial charge in [0.25, 0.3) is 5.56 Å². The van der Waals surface area contributed by atoms with E-state index in [1.807, 2.05) is 0 Å². The van der Waals surface area contributed by atoms with Crippen molar-refractivity contribution in [2.45, 2.75) is 24.5 Å². The monoisotopic (exact) mass is 632 g/mol. The van der Waals surface area contributed by atoms with Crippen LogP contribution in [0.3, 0.4) is 0 Å². The van der Waals surface area contributed by atoms with Gasteiger partial charge in [-0.25, -0.2) is 24.2 Å². The van der Waals surface area contributed by atoms with Gasteiger partial charge in [0.05, 0.1) is 23.8 Å². The molecule has 5 rings (SSSR count). The second-order valence-electron chi connectivity index (χ2n) is 9.62. The first-order chi connectivity index (χ1) is 21.8. The molecule has 1 aliphatic heterocycles. The Morgan fingerprint density at radius 3 is 1.76 bits per heavy atom. The number of aromatic nitrogens is 2. The maximum atomic E-state index is 13.4. The van der Waals surface area contributed by atoms with Crippen LogP contribution in [0.4, 0.5) is 0 Å². The number of benzene rings is 3. The van der Waals surface area contributed by atoms with Gasteiger partial charge in [-0.05, 0) is 36.4 Å². The van der Waals surface area contributed by atoms with E-state index >= 15 is 0 Å². The molecule has 230 valence electrons. The molecule has 2 heterocycles. The maximum Gasteiger partial charge on any atom is 0.362 e. The summed E-state index contributed by atoms with van der Waals surface area (Å²) in [6.45, 7) is -0.478. The van der Waals surface area contributed by atoms with Crippen LogP contribution in [0.1, 0.15) is 47.8 Å². The number of esters is 4. The summed E-state index contributed by atoms with van der Waals surface area (Å²) in [5.41, 5.74) is -1.09. The molecule has 12 nitrogen and oxygen atoms in total. The number of methoxy groups -OCH3 is 1. The Bertz CT molecular complexity index is 1750. The average molecular weight is 633 g/mol. The third-order valence-electron chi connectivity index (χ3n) is 6.73. The highest BCUT2D eigenvalue weighted by Gasteiger charge is 2.52. The van der Waals surface area contributed by atoms with Crippen LogP contribution < -0.4 is 5.56 Å². The van der Waals surface area contributed by atoms with Crippen molar-refractivity contribution in [1.29, 1.82) is 0 Å². The molecule has 1 aromatic heterocycles. The van der Waals surface area contributed by atoms with E-state index in [0.29, 0.717) is 0 Å². The molecule has 0 N–H and O–H groups in total. The van der Waals surface area contributed by atoms with E-state index in [0.717, 1.165) is 17.9 Å². The average Bonchev–Trinajstić information content (AvgIpc) is 3.40. The Hall–Kier alpha value is -5.33. The van der Waals surface area contributed by atoms with E-state index in [-0.39, 0.29) is 21.8 Å². The fraction of sp³-hybridized carbons (Fsp3) is 0.188. The lowest BCUT2D eigenvalue weighted by Gasteiger charge is -2.25. The topological polar surface area (TPSA) is 149 Å². The van der Waals surface area contributed by atoms with Crippen LogP contribution in [-0.2, 0) is 23.7 Å². The van der Waals surface area contributed by atoms with Crippen LogP contribution in [0.15, 0.2) is 102 Å². The summed E-state index contributed by atoms with van der Waals surface area (Å²) >= 11 is 6.16. The first-order valence-electron chi connectivity index (χ1n) is 13.5. The standard InChI is InChI=1S/C32H25ClN2O10/c1-41-32(40)24-27(36)35(17-23(33)34-24)28-26(45-31(39)21-15-9-4-10-16-21)25(44-30(38)20-13-7-3-8-14-20)22(43-28)18-42-29(37)19-11-5-2-6-12-19/h2-17,22,25-26,28H,18H2,1H3. The lowest BCUT2D eigenvalue weighted by Crippen LogP contribution is -2.43. The van der Waals surface area contributed by atoms with Gasteiger partial charge in [-0.3, -0.25) is 9.36 Å². The number of carbonyl (C=O) groups excluding carboxylic acids is 4. The molecule has 0 aliphatic carbocycles. The van der Waals surface area contributed by atoms with E-state index in [1.54, 1.807) is 66.7 Å². The minimum absolute atomic E-state index is 0.152. The SMILES string of the molecule is COC(=O)c1nc(Cl)cn(C2OC(COC(=O)c3ccccc3)C(OC(=O)c3ccccc3)C2OC(=O)c2ccccc2)c1=O. The van der Waals surface area contributed by atoms with Gasteiger partial charge in [0.15, 0.2) is 18.4 Å². The molecule has 1 aliphatic rings. The largest absolute Gasteiger partial charge is 0.464 e. The fourth-order valence-corrected chi connectivity index (χ4v) is 4.77. The molecular formula is C32H25ClN2O10. The van der Waals surface area contributed by atoms with E-state index in [4.69, 9.17) is 30.5 Å². The van der Waals surface area contributed by atoms with Crippen LogP contribution >= 0.6 is 11.6 Å². The summed E-state index contributed by atoms with van der Waals surface area (Å²) in [5.74, 6) is -3.42. The maximum absolute atomic E-state index is 13.4.